The average Bonchev–Trinajstić information content (AvgIpc) is 3.58. The molecular formula is C44H37ClN6O2. The number of carboxylic acids is 1. The van der Waals surface area contributed by atoms with Gasteiger partial charge >= 0.3 is 5.97 Å². The molecule has 2 unspecified atom stereocenters. The fraction of sp³-hybridized carbons (Fsp3) is 0.205. The van der Waals surface area contributed by atoms with Crippen LogP contribution < -0.4 is 5.32 Å². The SMILES string of the molecule is O=C(O)C1C2CCC(CC2)C1Nc1cc(-c2ccccc2)nc(-c2nn(C(c3ccccc3)(c3ccccc3)c3ccccc3)c3ncc(Cl)cc23)n1. The van der Waals surface area contributed by atoms with Crippen LogP contribution in [0.4, 0.5) is 5.82 Å². The van der Waals surface area contributed by atoms with Crippen LogP contribution in [0.25, 0.3) is 33.8 Å². The van der Waals surface area contributed by atoms with Crippen LogP contribution in [-0.4, -0.2) is 41.9 Å². The number of fused-ring (bicyclic) bond motifs is 4. The summed E-state index contributed by atoms with van der Waals surface area (Å²) in [5, 5.41) is 20.6. The molecule has 0 amide bonds. The second-order valence-corrected chi connectivity index (χ2v) is 14.6. The van der Waals surface area contributed by atoms with E-state index in [1.54, 1.807) is 6.20 Å². The summed E-state index contributed by atoms with van der Waals surface area (Å²) in [6.45, 7) is 0. The van der Waals surface area contributed by atoms with Crippen molar-refractivity contribution in [3.8, 4) is 22.8 Å². The molecule has 0 saturated heterocycles. The van der Waals surface area contributed by atoms with Gasteiger partial charge in [0.15, 0.2) is 11.5 Å². The van der Waals surface area contributed by atoms with E-state index in [0.29, 0.717) is 39.1 Å². The van der Waals surface area contributed by atoms with Gasteiger partial charge in [-0.2, -0.15) is 5.10 Å². The maximum absolute atomic E-state index is 12.6. The van der Waals surface area contributed by atoms with Gasteiger partial charge in [0.1, 0.15) is 17.1 Å². The fourth-order valence-corrected chi connectivity index (χ4v) is 9.01. The van der Waals surface area contributed by atoms with Crippen LogP contribution in [0.2, 0.25) is 5.02 Å². The Hall–Kier alpha value is -5.86. The molecule has 262 valence electrons. The van der Waals surface area contributed by atoms with Crippen molar-refractivity contribution in [2.45, 2.75) is 37.3 Å². The molecule has 2 N–H and O–H groups in total. The molecule has 10 rings (SSSR count). The number of anilines is 1. The molecule has 3 heterocycles. The van der Waals surface area contributed by atoms with Crippen molar-refractivity contribution in [3.05, 3.63) is 161 Å². The van der Waals surface area contributed by atoms with Crippen LogP contribution in [0.5, 0.6) is 0 Å². The number of nitrogens with zero attached hydrogens (tertiary/aromatic N) is 5. The van der Waals surface area contributed by atoms with Gasteiger partial charge in [-0.25, -0.2) is 19.6 Å². The summed E-state index contributed by atoms with van der Waals surface area (Å²) in [4.78, 5) is 27.9. The van der Waals surface area contributed by atoms with Gasteiger partial charge in [-0.05, 0) is 60.3 Å². The molecule has 8 nitrogen and oxygen atoms in total. The van der Waals surface area contributed by atoms with Gasteiger partial charge in [-0.1, -0.05) is 133 Å². The molecular weight excluding hydrogens is 680 g/mol. The van der Waals surface area contributed by atoms with Gasteiger partial charge in [0, 0.05) is 23.9 Å². The van der Waals surface area contributed by atoms with Crippen molar-refractivity contribution in [1.29, 1.82) is 0 Å². The lowest BCUT2D eigenvalue weighted by Gasteiger charge is -2.47. The Kier molecular flexibility index (Phi) is 8.47. The molecule has 3 aliphatic carbocycles. The lowest BCUT2D eigenvalue weighted by Crippen LogP contribution is -2.51. The smallest absolute Gasteiger partial charge is 0.308 e. The number of aromatic nitrogens is 5. The summed E-state index contributed by atoms with van der Waals surface area (Å²) in [5.74, 6) is 0.130. The van der Waals surface area contributed by atoms with E-state index in [9.17, 15) is 9.90 Å². The molecule has 0 aliphatic heterocycles. The number of hydrogen-bond acceptors (Lipinski definition) is 6. The molecule has 0 radical (unpaired) electrons. The first kappa shape index (κ1) is 33.0. The van der Waals surface area contributed by atoms with Crippen LogP contribution in [0.1, 0.15) is 42.4 Å². The zero-order valence-corrected chi connectivity index (χ0v) is 29.6. The Morgan fingerprint density at radius 3 is 1.85 bits per heavy atom. The van der Waals surface area contributed by atoms with Crippen LogP contribution in [-0.2, 0) is 10.3 Å². The Morgan fingerprint density at radius 1 is 0.736 bits per heavy atom. The molecule has 3 fully saturated rings. The van der Waals surface area contributed by atoms with E-state index in [1.165, 1.54) is 0 Å². The molecule has 3 aliphatic rings. The Morgan fingerprint density at radius 2 is 1.28 bits per heavy atom. The third kappa shape index (κ3) is 5.74. The van der Waals surface area contributed by atoms with E-state index in [4.69, 9.17) is 31.7 Å². The van der Waals surface area contributed by atoms with Crippen molar-refractivity contribution in [2.75, 3.05) is 5.32 Å². The topological polar surface area (TPSA) is 106 Å². The Labute approximate surface area is 312 Å². The first-order valence-electron chi connectivity index (χ1n) is 18.2. The van der Waals surface area contributed by atoms with Crippen molar-refractivity contribution in [1.82, 2.24) is 24.7 Å². The van der Waals surface area contributed by atoms with Crippen LogP contribution in [0.3, 0.4) is 0 Å². The highest BCUT2D eigenvalue weighted by Gasteiger charge is 2.47. The third-order valence-corrected chi connectivity index (χ3v) is 11.4. The number of pyridine rings is 1. The standard InChI is InChI=1S/C44H37ClN6O2/c45-34-25-35-40(41-47-36(28-13-5-1-6-14-28)26-37(49-41)48-39-30-23-21-29(22-24-30)38(39)43(52)53)50-51(42(35)46-27-34)44(31-15-7-2-8-16-31,32-17-9-3-10-18-32)33-19-11-4-12-20-33/h1-20,25-27,29-30,38-39H,21-24H2,(H,52,53)(H,47,48,49). The first-order chi connectivity index (χ1) is 26.0. The number of halogens is 1. The van der Waals surface area contributed by atoms with Crippen molar-refractivity contribution in [2.24, 2.45) is 17.8 Å². The molecule has 4 aromatic carbocycles. The molecule has 3 saturated carbocycles. The molecule has 2 atom stereocenters. The van der Waals surface area contributed by atoms with Gasteiger partial charge < -0.3 is 10.4 Å². The maximum atomic E-state index is 12.6. The predicted molar refractivity (Wildman–Crippen MR) is 208 cm³/mol. The maximum Gasteiger partial charge on any atom is 0.308 e. The second kappa shape index (κ2) is 13.6. The van der Waals surface area contributed by atoms with Crippen LogP contribution in [0, 0.1) is 17.8 Å². The molecule has 3 aromatic heterocycles. The number of carbonyl (C=O) groups is 1. The van der Waals surface area contributed by atoms with Gasteiger partial charge in [-0.3, -0.25) is 4.79 Å². The predicted octanol–water partition coefficient (Wildman–Crippen LogP) is 9.35. The van der Waals surface area contributed by atoms with E-state index in [0.717, 1.165) is 47.9 Å². The summed E-state index contributed by atoms with van der Waals surface area (Å²) in [5.41, 5.74) is 4.78. The molecule has 0 spiro atoms. The lowest BCUT2D eigenvalue weighted by atomic mass is 9.61. The van der Waals surface area contributed by atoms with Crippen molar-refractivity contribution in [3.63, 3.8) is 0 Å². The zero-order chi connectivity index (χ0) is 35.9. The Balaban J connectivity index is 1.30. The number of rotatable bonds is 9. The molecule has 2 bridgehead atoms. The molecule has 7 aromatic rings. The summed E-state index contributed by atoms with van der Waals surface area (Å²) < 4.78 is 1.99. The largest absolute Gasteiger partial charge is 0.481 e. The summed E-state index contributed by atoms with van der Waals surface area (Å²) >= 11 is 6.71. The average molecular weight is 717 g/mol. The van der Waals surface area contributed by atoms with E-state index in [-0.39, 0.29) is 17.9 Å². The zero-order valence-electron chi connectivity index (χ0n) is 28.9. The minimum Gasteiger partial charge on any atom is -0.481 e. The van der Waals surface area contributed by atoms with Crippen molar-refractivity contribution >= 4 is 34.4 Å². The summed E-state index contributed by atoms with van der Waals surface area (Å²) in [6.07, 6.45) is 5.57. The highest BCUT2D eigenvalue weighted by atomic mass is 35.5. The molecule has 53 heavy (non-hydrogen) atoms. The normalized spacial score (nSPS) is 19.6. The van der Waals surface area contributed by atoms with Gasteiger partial charge in [0.25, 0.3) is 0 Å². The minimum absolute atomic E-state index is 0.153. The summed E-state index contributed by atoms with van der Waals surface area (Å²) in [6, 6.07) is 44.5. The fourth-order valence-electron chi connectivity index (χ4n) is 8.85. The summed E-state index contributed by atoms with van der Waals surface area (Å²) in [7, 11) is 0. The van der Waals surface area contributed by atoms with E-state index >= 15 is 0 Å². The van der Waals surface area contributed by atoms with Crippen molar-refractivity contribution < 1.29 is 9.90 Å². The van der Waals surface area contributed by atoms with E-state index in [2.05, 4.69) is 41.7 Å². The quantitative estimate of drug-likeness (QED) is 0.143. The Bertz CT molecular complexity index is 2300. The number of nitrogens with one attached hydrogen (secondary N) is 1. The highest BCUT2D eigenvalue weighted by molar-refractivity contribution is 6.31. The van der Waals surface area contributed by atoms with Crippen LogP contribution in [0.15, 0.2) is 140 Å². The van der Waals surface area contributed by atoms with Crippen LogP contribution >= 0.6 is 11.6 Å². The number of carboxylic acid groups (broad SMARTS) is 1. The van der Waals surface area contributed by atoms with Gasteiger partial charge in [0.05, 0.1) is 22.0 Å². The lowest BCUT2D eigenvalue weighted by molar-refractivity contribution is -0.148. The van der Waals surface area contributed by atoms with E-state index < -0.39 is 17.4 Å². The minimum atomic E-state index is -0.949. The first-order valence-corrected chi connectivity index (χ1v) is 18.5. The monoisotopic (exact) mass is 716 g/mol. The van der Waals surface area contributed by atoms with E-state index in [1.807, 2.05) is 102 Å². The molecule has 9 heteroatoms. The third-order valence-electron chi connectivity index (χ3n) is 11.2. The van der Waals surface area contributed by atoms with Gasteiger partial charge in [-0.15, -0.1) is 0 Å². The number of aliphatic carboxylic acids is 1. The second-order valence-electron chi connectivity index (χ2n) is 14.1. The van der Waals surface area contributed by atoms with Gasteiger partial charge in [0.2, 0.25) is 0 Å². The number of hydrogen-bond donors (Lipinski definition) is 2. The number of benzene rings is 4. The highest BCUT2D eigenvalue weighted by Crippen LogP contribution is 2.47.